The number of morpholine rings is 1. The second-order valence-electron chi connectivity index (χ2n) is 7.67. The van der Waals surface area contributed by atoms with Crippen LogP contribution in [0.4, 0.5) is 0 Å². The molecule has 1 atom stereocenters. The zero-order valence-corrected chi connectivity index (χ0v) is 16.2. The number of nitrogens with one attached hydrogen (secondary N) is 1. The first-order valence-corrected chi connectivity index (χ1v) is 9.42. The van der Waals surface area contributed by atoms with E-state index in [1.54, 1.807) is 0 Å². The highest BCUT2D eigenvalue weighted by atomic mass is 16.5. The van der Waals surface area contributed by atoms with Crippen LogP contribution < -0.4 is 5.32 Å². The van der Waals surface area contributed by atoms with Gasteiger partial charge in [-0.2, -0.15) is 0 Å². The van der Waals surface area contributed by atoms with Crippen molar-refractivity contribution in [3.63, 3.8) is 0 Å². The maximum Gasteiger partial charge on any atom is 0.253 e. The van der Waals surface area contributed by atoms with Crippen molar-refractivity contribution in [3.8, 4) is 0 Å². The first-order chi connectivity index (χ1) is 12.4. The van der Waals surface area contributed by atoms with Crippen LogP contribution in [0.5, 0.6) is 0 Å². The van der Waals surface area contributed by atoms with Crippen LogP contribution in [-0.4, -0.2) is 54.7 Å². The Balaban J connectivity index is 1.64. The fourth-order valence-corrected chi connectivity index (χ4v) is 3.51. The minimum Gasteiger partial charge on any atom is -0.374 e. The van der Waals surface area contributed by atoms with E-state index < -0.39 is 0 Å². The Hall–Kier alpha value is -1.98. The van der Waals surface area contributed by atoms with Gasteiger partial charge in [0.25, 0.3) is 5.91 Å². The Kier molecular flexibility index (Phi) is 5.89. The molecule has 5 heteroatoms. The standard InChI is InChI=1S/C21H29N3O2/c1-14(2)12-24-7-8-26-18(13-24)11-22-21(25)19-10-17-9-15(3)5-6-20(17)23-16(19)4/h5-6,9-10,14,18H,7-8,11-13H2,1-4H3,(H,22,25). The van der Waals surface area contributed by atoms with E-state index in [-0.39, 0.29) is 12.0 Å². The SMILES string of the molecule is Cc1ccc2nc(C)c(C(=O)NCC3CN(CC(C)C)CCO3)cc2c1. The van der Waals surface area contributed by atoms with Crippen LogP contribution in [0.1, 0.15) is 35.5 Å². The average molecular weight is 355 g/mol. The van der Waals surface area contributed by atoms with Crippen molar-refractivity contribution in [1.29, 1.82) is 0 Å². The number of nitrogens with zero attached hydrogens (tertiary/aromatic N) is 2. The van der Waals surface area contributed by atoms with E-state index in [2.05, 4.69) is 35.1 Å². The molecule has 1 aromatic carbocycles. The van der Waals surface area contributed by atoms with Crippen LogP contribution in [0.25, 0.3) is 10.9 Å². The van der Waals surface area contributed by atoms with E-state index in [1.807, 2.05) is 32.0 Å². The molecule has 5 nitrogen and oxygen atoms in total. The van der Waals surface area contributed by atoms with Gasteiger partial charge in [-0.25, -0.2) is 0 Å². The summed E-state index contributed by atoms with van der Waals surface area (Å²) in [5, 5.41) is 4.03. The fraction of sp³-hybridized carbons (Fsp3) is 0.524. The highest BCUT2D eigenvalue weighted by Gasteiger charge is 2.22. The number of fused-ring (bicyclic) bond motifs is 1. The van der Waals surface area contributed by atoms with E-state index in [0.29, 0.717) is 18.0 Å². The van der Waals surface area contributed by atoms with Gasteiger partial charge in [0, 0.05) is 31.6 Å². The van der Waals surface area contributed by atoms with Gasteiger partial charge in [0.1, 0.15) is 0 Å². The van der Waals surface area contributed by atoms with Gasteiger partial charge in [0.05, 0.1) is 29.5 Å². The summed E-state index contributed by atoms with van der Waals surface area (Å²) in [5.74, 6) is 0.557. The second kappa shape index (κ2) is 8.14. The maximum absolute atomic E-state index is 12.7. The number of hydrogen-bond acceptors (Lipinski definition) is 4. The Morgan fingerprint density at radius 3 is 2.92 bits per heavy atom. The Labute approximate surface area is 155 Å². The highest BCUT2D eigenvalue weighted by molar-refractivity contribution is 5.98. The number of aromatic nitrogens is 1. The molecule has 1 aromatic heterocycles. The summed E-state index contributed by atoms with van der Waals surface area (Å²) in [7, 11) is 0. The van der Waals surface area contributed by atoms with Gasteiger partial charge in [-0.3, -0.25) is 14.7 Å². The van der Waals surface area contributed by atoms with Crippen LogP contribution in [0.2, 0.25) is 0 Å². The summed E-state index contributed by atoms with van der Waals surface area (Å²) in [6.07, 6.45) is 0.0439. The van der Waals surface area contributed by atoms with Crippen LogP contribution in [0.15, 0.2) is 24.3 Å². The zero-order valence-electron chi connectivity index (χ0n) is 16.2. The third-order valence-electron chi connectivity index (χ3n) is 4.74. The smallest absolute Gasteiger partial charge is 0.253 e. The lowest BCUT2D eigenvalue weighted by Gasteiger charge is -2.34. The Morgan fingerprint density at radius 2 is 2.15 bits per heavy atom. The van der Waals surface area contributed by atoms with Crippen LogP contribution >= 0.6 is 0 Å². The molecule has 1 aliphatic rings. The lowest BCUT2D eigenvalue weighted by molar-refractivity contribution is -0.0295. The minimum atomic E-state index is -0.0806. The van der Waals surface area contributed by atoms with Crippen molar-refractivity contribution in [2.24, 2.45) is 5.92 Å². The van der Waals surface area contributed by atoms with E-state index in [9.17, 15) is 4.79 Å². The predicted octanol–water partition coefficient (Wildman–Crippen LogP) is 2.94. The first kappa shape index (κ1) is 18.8. The molecule has 140 valence electrons. The summed E-state index contributed by atoms with van der Waals surface area (Å²) in [6, 6.07) is 8.04. The predicted molar refractivity (Wildman–Crippen MR) is 105 cm³/mol. The molecule has 2 heterocycles. The number of aryl methyl sites for hydroxylation is 2. The molecular weight excluding hydrogens is 326 g/mol. The maximum atomic E-state index is 12.7. The molecule has 1 amide bonds. The largest absolute Gasteiger partial charge is 0.374 e. The molecule has 0 aliphatic carbocycles. The third-order valence-corrected chi connectivity index (χ3v) is 4.74. The number of pyridine rings is 1. The number of benzene rings is 1. The topological polar surface area (TPSA) is 54.5 Å². The summed E-state index contributed by atoms with van der Waals surface area (Å²) in [6.45, 7) is 12.5. The molecule has 0 radical (unpaired) electrons. The van der Waals surface area contributed by atoms with Gasteiger partial charge in [-0.1, -0.05) is 25.5 Å². The van der Waals surface area contributed by atoms with Crippen molar-refractivity contribution in [3.05, 3.63) is 41.1 Å². The molecule has 0 saturated carbocycles. The molecule has 1 aliphatic heterocycles. The van der Waals surface area contributed by atoms with Crippen molar-refractivity contribution in [2.45, 2.75) is 33.8 Å². The normalized spacial score (nSPS) is 18.4. The van der Waals surface area contributed by atoms with Crippen molar-refractivity contribution >= 4 is 16.8 Å². The highest BCUT2D eigenvalue weighted by Crippen LogP contribution is 2.18. The molecule has 0 bridgehead atoms. The first-order valence-electron chi connectivity index (χ1n) is 9.42. The van der Waals surface area contributed by atoms with Gasteiger partial charge in [0.15, 0.2) is 0 Å². The quantitative estimate of drug-likeness (QED) is 0.896. The third kappa shape index (κ3) is 4.59. The number of rotatable bonds is 5. The molecule has 2 aromatic rings. The van der Waals surface area contributed by atoms with Gasteiger partial charge in [0.2, 0.25) is 0 Å². The van der Waals surface area contributed by atoms with Crippen LogP contribution in [0.3, 0.4) is 0 Å². The number of hydrogen-bond donors (Lipinski definition) is 1. The van der Waals surface area contributed by atoms with Gasteiger partial charge < -0.3 is 10.1 Å². The van der Waals surface area contributed by atoms with Crippen LogP contribution in [-0.2, 0) is 4.74 Å². The van der Waals surface area contributed by atoms with Gasteiger partial charge in [-0.05, 0) is 38.0 Å². The number of carbonyl (C=O) groups excluding carboxylic acids is 1. The Bertz CT molecular complexity index is 788. The van der Waals surface area contributed by atoms with E-state index in [0.717, 1.165) is 48.4 Å². The van der Waals surface area contributed by atoms with Gasteiger partial charge in [-0.15, -0.1) is 0 Å². The minimum absolute atomic E-state index is 0.0439. The molecule has 1 saturated heterocycles. The second-order valence-corrected chi connectivity index (χ2v) is 7.67. The fourth-order valence-electron chi connectivity index (χ4n) is 3.51. The molecule has 1 N–H and O–H groups in total. The molecular formula is C21H29N3O2. The van der Waals surface area contributed by atoms with E-state index in [4.69, 9.17) is 4.74 Å². The molecule has 1 fully saturated rings. The summed E-state index contributed by atoms with van der Waals surface area (Å²) in [4.78, 5) is 19.7. The van der Waals surface area contributed by atoms with Crippen molar-refractivity contribution in [2.75, 3.05) is 32.8 Å². The summed E-state index contributed by atoms with van der Waals surface area (Å²) in [5.41, 5.74) is 3.47. The molecule has 3 rings (SSSR count). The van der Waals surface area contributed by atoms with E-state index >= 15 is 0 Å². The average Bonchev–Trinajstić information content (AvgIpc) is 2.59. The molecule has 26 heavy (non-hydrogen) atoms. The summed E-state index contributed by atoms with van der Waals surface area (Å²) < 4.78 is 5.82. The summed E-state index contributed by atoms with van der Waals surface area (Å²) >= 11 is 0. The lowest BCUT2D eigenvalue weighted by Crippen LogP contribution is -2.48. The molecule has 1 unspecified atom stereocenters. The van der Waals surface area contributed by atoms with Crippen molar-refractivity contribution in [1.82, 2.24) is 15.2 Å². The molecule has 0 spiro atoms. The van der Waals surface area contributed by atoms with Crippen molar-refractivity contribution < 1.29 is 9.53 Å². The van der Waals surface area contributed by atoms with E-state index in [1.165, 1.54) is 0 Å². The lowest BCUT2D eigenvalue weighted by atomic mass is 10.1. The number of ether oxygens (including phenoxy) is 1. The number of amides is 1. The van der Waals surface area contributed by atoms with Gasteiger partial charge >= 0.3 is 0 Å². The van der Waals surface area contributed by atoms with Crippen LogP contribution in [0, 0.1) is 19.8 Å². The Morgan fingerprint density at radius 1 is 1.35 bits per heavy atom. The monoisotopic (exact) mass is 355 g/mol. The number of carbonyl (C=O) groups is 1. The zero-order chi connectivity index (χ0) is 18.7.